The van der Waals surface area contributed by atoms with Crippen LogP contribution >= 0.6 is 0 Å². The molecule has 2 rings (SSSR count). The fourth-order valence-corrected chi connectivity index (χ4v) is 6.37. The molecule has 0 heterocycles. The summed E-state index contributed by atoms with van der Waals surface area (Å²) in [6, 6.07) is 18.0. The lowest BCUT2D eigenvalue weighted by molar-refractivity contribution is -0.599. The van der Waals surface area contributed by atoms with Gasteiger partial charge in [-0.25, -0.2) is 0 Å². The maximum atomic E-state index is 2.33. The average molecular weight is 429 g/mol. The number of hydrogen-bond donors (Lipinski definition) is 0. The molecule has 2 heteroatoms. The van der Waals surface area contributed by atoms with E-state index >= 15 is 0 Å². The van der Waals surface area contributed by atoms with Crippen LogP contribution in [0, 0.1) is 7.14 Å². The van der Waals surface area contributed by atoms with Crippen LogP contribution in [0.5, 0.6) is 0 Å². The van der Waals surface area contributed by atoms with E-state index in [1.807, 2.05) is 0 Å². The highest BCUT2D eigenvalue weighted by Gasteiger charge is 2.30. The van der Waals surface area contributed by atoms with Crippen molar-refractivity contribution in [2.24, 2.45) is 0 Å². The van der Waals surface area contributed by atoms with Gasteiger partial charge in [0.2, 0.25) is 0 Å². The van der Waals surface area contributed by atoms with E-state index in [1.54, 1.807) is 7.14 Å². The van der Waals surface area contributed by atoms with Crippen molar-refractivity contribution in [2.75, 3.05) is 0 Å². The molecule has 0 amide bonds. The standard InChI is InChI=1S/C20H26I.ClH/c1-19(2,3)15-11-7-9-13-17(15)21-18-14-10-8-12-16(18)20(4,5)6;/h7-14H,1-6H3;1H/q+1;/p-1. The van der Waals surface area contributed by atoms with E-state index in [2.05, 4.69) is 90.1 Å². The van der Waals surface area contributed by atoms with E-state index < -0.39 is 0 Å². The minimum absolute atomic E-state index is 0. The summed E-state index contributed by atoms with van der Waals surface area (Å²) in [4.78, 5) is 0. The minimum Gasteiger partial charge on any atom is -1.00 e. The summed E-state index contributed by atoms with van der Waals surface area (Å²) in [6.45, 7) is 13.9. The van der Waals surface area contributed by atoms with Crippen LogP contribution in [0.2, 0.25) is 0 Å². The van der Waals surface area contributed by atoms with Crippen LogP contribution in [0.4, 0.5) is 0 Å². The largest absolute Gasteiger partial charge is 1.00 e. The summed E-state index contributed by atoms with van der Waals surface area (Å²) < 4.78 is 3.11. The van der Waals surface area contributed by atoms with Gasteiger partial charge in [0.15, 0.2) is 7.14 Å². The highest BCUT2D eigenvalue weighted by molar-refractivity contribution is 5.24. The van der Waals surface area contributed by atoms with Gasteiger partial charge in [-0.05, 0) is 23.0 Å². The fourth-order valence-electron chi connectivity index (χ4n) is 2.41. The van der Waals surface area contributed by atoms with Gasteiger partial charge in [0.25, 0.3) is 0 Å². The normalized spacial score (nSPS) is 11.9. The number of benzene rings is 2. The van der Waals surface area contributed by atoms with E-state index in [0.29, 0.717) is 0 Å². The molecule has 2 aromatic rings. The van der Waals surface area contributed by atoms with Crippen molar-refractivity contribution in [3.63, 3.8) is 0 Å². The molecule has 0 radical (unpaired) electrons. The van der Waals surface area contributed by atoms with E-state index in [-0.39, 0.29) is 44.4 Å². The summed E-state index contributed by atoms with van der Waals surface area (Å²) in [5.41, 5.74) is 3.43. The Morgan fingerprint density at radius 3 is 1.23 bits per heavy atom. The summed E-state index contributed by atoms with van der Waals surface area (Å²) in [6.07, 6.45) is 0. The topological polar surface area (TPSA) is 0 Å². The molecule has 0 unspecified atom stereocenters. The molecule has 22 heavy (non-hydrogen) atoms. The van der Waals surface area contributed by atoms with Gasteiger partial charge in [-0.2, -0.15) is 0 Å². The van der Waals surface area contributed by atoms with E-state index in [9.17, 15) is 0 Å². The zero-order valence-electron chi connectivity index (χ0n) is 14.4. The average Bonchev–Trinajstić information content (AvgIpc) is 2.37. The van der Waals surface area contributed by atoms with Crippen molar-refractivity contribution in [1.82, 2.24) is 0 Å². The van der Waals surface area contributed by atoms with E-state index in [0.717, 1.165) is 0 Å². The maximum Gasteiger partial charge on any atom is 0.358 e. The highest BCUT2D eigenvalue weighted by atomic mass is 127. The Morgan fingerprint density at radius 1 is 0.591 bits per heavy atom. The first-order chi connectivity index (χ1) is 9.69. The van der Waals surface area contributed by atoms with Crippen LogP contribution in [0.3, 0.4) is 0 Å². The minimum atomic E-state index is -0.147. The van der Waals surface area contributed by atoms with E-state index in [4.69, 9.17) is 0 Å². The van der Waals surface area contributed by atoms with Crippen LogP contribution in [0.25, 0.3) is 0 Å². The van der Waals surface area contributed by atoms with Gasteiger partial charge in [-0.15, -0.1) is 0 Å². The predicted octanol–water partition coefficient (Wildman–Crippen LogP) is -0.586. The third-order valence-corrected chi connectivity index (χ3v) is 6.61. The summed E-state index contributed by atoms with van der Waals surface area (Å²) in [5, 5.41) is 0. The van der Waals surface area contributed by atoms with Crippen LogP contribution in [-0.2, 0) is 10.8 Å². The molecule has 0 aliphatic rings. The number of rotatable bonds is 2. The Labute approximate surface area is 152 Å². The summed E-state index contributed by atoms with van der Waals surface area (Å²) >= 11 is -0.147. The Bertz CT molecular complexity index is 563. The van der Waals surface area contributed by atoms with Gasteiger partial charge in [0.1, 0.15) is 0 Å². The second-order valence-electron chi connectivity index (χ2n) is 7.55. The maximum absolute atomic E-state index is 2.33. The third-order valence-electron chi connectivity index (χ3n) is 3.57. The fraction of sp³-hybridized carbons (Fsp3) is 0.400. The van der Waals surface area contributed by atoms with Gasteiger partial charge in [-0.1, -0.05) is 77.9 Å². The SMILES string of the molecule is CC(C)(C)c1ccccc1[I+]c1ccccc1C(C)(C)C.[Cl-]. The zero-order chi connectivity index (χ0) is 15.7. The molecule has 0 aliphatic heterocycles. The summed E-state index contributed by atoms with van der Waals surface area (Å²) in [5.74, 6) is 0. The Morgan fingerprint density at radius 2 is 0.909 bits per heavy atom. The van der Waals surface area contributed by atoms with Gasteiger partial charge < -0.3 is 12.4 Å². The third kappa shape index (κ3) is 4.73. The molecule has 0 N–H and O–H groups in total. The molecule has 0 saturated heterocycles. The monoisotopic (exact) mass is 428 g/mol. The predicted molar refractivity (Wildman–Crippen MR) is 87.7 cm³/mol. The summed E-state index contributed by atoms with van der Waals surface area (Å²) in [7, 11) is 0. The smallest absolute Gasteiger partial charge is 0.358 e. The van der Waals surface area contributed by atoms with Gasteiger partial charge in [-0.3, -0.25) is 0 Å². The van der Waals surface area contributed by atoms with Crippen LogP contribution in [0.1, 0.15) is 52.7 Å². The zero-order valence-corrected chi connectivity index (χ0v) is 17.3. The lowest BCUT2D eigenvalue weighted by atomic mass is 9.87. The van der Waals surface area contributed by atoms with Gasteiger partial charge >= 0.3 is 21.2 Å². The lowest BCUT2D eigenvalue weighted by Crippen LogP contribution is -3.62. The molecule has 0 fully saturated rings. The van der Waals surface area contributed by atoms with Crippen molar-refractivity contribution in [3.8, 4) is 0 Å². The molecule has 0 nitrogen and oxygen atoms in total. The Hall–Kier alpha value is -0.540. The lowest BCUT2D eigenvalue weighted by Gasteiger charge is -2.20. The number of halogens is 2. The van der Waals surface area contributed by atoms with Crippen molar-refractivity contribution in [3.05, 3.63) is 66.8 Å². The second-order valence-corrected chi connectivity index (χ2v) is 10.4. The van der Waals surface area contributed by atoms with Crippen LogP contribution < -0.4 is 33.6 Å². The molecule has 0 aliphatic carbocycles. The molecule has 2 aromatic carbocycles. The molecule has 0 spiro atoms. The molecule has 0 atom stereocenters. The van der Waals surface area contributed by atoms with Crippen LogP contribution in [-0.4, -0.2) is 0 Å². The first kappa shape index (κ1) is 19.5. The molecule has 0 aromatic heterocycles. The van der Waals surface area contributed by atoms with Crippen molar-refractivity contribution in [2.45, 2.75) is 52.4 Å². The van der Waals surface area contributed by atoms with Gasteiger partial charge in [0, 0.05) is 11.1 Å². The molecule has 0 bridgehead atoms. The first-order valence-electron chi connectivity index (χ1n) is 7.53. The molecule has 120 valence electrons. The first-order valence-corrected chi connectivity index (χ1v) is 9.69. The van der Waals surface area contributed by atoms with Crippen molar-refractivity contribution < 1.29 is 33.6 Å². The highest BCUT2D eigenvalue weighted by Crippen LogP contribution is 2.23. The van der Waals surface area contributed by atoms with Crippen molar-refractivity contribution >= 4 is 0 Å². The van der Waals surface area contributed by atoms with Crippen LogP contribution in [0.15, 0.2) is 48.5 Å². The van der Waals surface area contributed by atoms with Crippen molar-refractivity contribution in [1.29, 1.82) is 0 Å². The Balaban J connectivity index is 0.00000242. The second kappa shape index (κ2) is 7.35. The quantitative estimate of drug-likeness (QED) is 0.561. The van der Waals surface area contributed by atoms with Gasteiger partial charge in [0.05, 0.1) is 0 Å². The molecule has 0 saturated carbocycles. The van der Waals surface area contributed by atoms with E-state index in [1.165, 1.54) is 11.1 Å². The molecular weight excluding hydrogens is 403 g/mol. The molecular formula is C20H26ClI. The number of hydrogen-bond acceptors (Lipinski definition) is 0. The Kier molecular flexibility index (Phi) is 6.52.